The number of carbonyl (C=O) groups is 1. The molecule has 0 unspecified atom stereocenters. The van der Waals surface area contributed by atoms with Crippen molar-refractivity contribution in [2.45, 2.75) is 6.54 Å². The van der Waals surface area contributed by atoms with Gasteiger partial charge in [0.05, 0.1) is 6.54 Å². The topological polar surface area (TPSA) is 46.3 Å². The highest BCUT2D eigenvalue weighted by Gasteiger charge is 2.24. The second-order valence-electron chi connectivity index (χ2n) is 2.73. The predicted molar refractivity (Wildman–Crippen MR) is 48.2 cm³/mol. The van der Waals surface area contributed by atoms with Gasteiger partial charge in [-0.2, -0.15) is 0 Å². The van der Waals surface area contributed by atoms with Gasteiger partial charge in [0, 0.05) is 10.0 Å². The summed E-state index contributed by atoms with van der Waals surface area (Å²) in [7, 11) is 0. The van der Waals surface area contributed by atoms with Crippen LogP contribution in [0.15, 0.2) is 22.7 Å². The summed E-state index contributed by atoms with van der Waals surface area (Å²) in [6.45, 7) is 0.508. The molecular weight excluding hydrogens is 220 g/mol. The monoisotopic (exact) mass is 226 g/mol. The first-order valence-corrected chi connectivity index (χ1v) is 4.33. The van der Waals surface area contributed by atoms with Crippen molar-refractivity contribution in [3.8, 4) is 0 Å². The van der Waals surface area contributed by atoms with Gasteiger partial charge in [0.1, 0.15) is 0 Å². The normalized spacial score (nSPS) is 15.2. The minimum atomic E-state index is -0.0995. The molecule has 12 heavy (non-hydrogen) atoms. The summed E-state index contributed by atoms with van der Waals surface area (Å²) in [6, 6.07) is 5.55. The first-order valence-electron chi connectivity index (χ1n) is 3.53. The van der Waals surface area contributed by atoms with Crippen LogP contribution in [0.2, 0.25) is 0 Å². The van der Waals surface area contributed by atoms with Crippen LogP contribution in [-0.2, 0) is 6.54 Å². The van der Waals surface area contributed by atoms with Gasteiger partial charge < -0.3 is 0 Å². The molecule has 1 heterocycles. The Morgan fingerprint density at radius 1 is 1.50 bits per heavy atom. The Morgan fingerprint density at radius 3 is 3.00 bits per heavy atom. The van der Waals surface area contributed by atoms with Crippen molar-refractivity contribution in [1.82, 2.24) is 5.01 Å². The van der Waals surface area contributed by atoms with E-state index in [9.17, 15) is 4.79 Å². The highest BCUT2D eigenvalue weighted by atomic mass is 79.9. The Bertz CT molecular complexity index is 351. The van der Waals surface area contributed by atoms with E-state index < -0.39 is 0 Å². The number of nitrogens with zero attached hydrogens (tertiary/aromatic N) is 1. The van der Waals surface area contributed by atoms with Crippen molar-refractivity contribution in [3.63, 3.8) is 0 Å². The fourth-order valence-electron chi connectivity index (χ4n) is 1.31. The number of carbonyl (C=O) groups excluding carboxylic acids is 1. The van der Waals surface area contributed by atoms with Crippen molar-refractivity contribution in [3.05, 3.63) is 33.8 Å². The van der Waals surface area contributed by atoms with Gasteiger partial charge in [0.15, 0.2) is 0 Å². The lowest BCUT2D eigenvalue weighted by Crippen LogP contribution is -2.30. The van der Waals surface area contributed by atoms with E-state index >= 15 is 0 Å². The molecule has 4 heteroatoms. The van der Waals surface area contributed by atoms with E-state index in [0.717, 1.165) is 10.0 Å². The molecule has 2 rings (SSSR count). The molecule has 0 saturated carbocycles. The van der Waals surface area contributed by atoms with Crippen LogP contribution >= 0.6 is 15.9 Å². The maximum absolute atomic E-state index is 11.3. The molecule has 3 nitrogen and oxygen atoms in total. The Balaban J connectivity index is 2.54. The molecule has 0 fully saturated rings. The number of hydrogen-bond acceptors (Lipinski definition) is 2. The van der Waals surface area contributed by atoms with Crippen molar-refractivity contribution < 1.29 is 4.79 Å². The standard InChI is InChI=1S/C8H7BrN2O/c9-6-1-2-7-5(3-6)4-11(10)8(7)12/h1-3H,4,10H2. The van der Waals surface area contributed by atoms with E-state index in [-0.39, 0.29) is 5.91 Å². The van der Waals surface area contributed by atoms with Crippen molar-refractivity contribution in [2.75, 3.05) is 0 Å². The number of fused-ring (bicyclic) bond motifs is 1. The highest BCUT2D eigenvalue weighted by molar-refractivity contribution is 9.10. The minimum absolute atomic E-state index is 0.0995. The van der Waals surface area contributed by atoms with Gasteiger partial charge in [-0.3, -0.25) is 9.80 Å². The van der Waals surface area contributed by atoms with Crippen LogP contribution in [0.1, 0.15) is 15.9 Å². The molecule has 0 bridgehead atoms. The summed E-state index contributed by atoms with van der Waals surface area (Å²) in [6.07, 6.45) is 0. The average molecular weight is 227 g/mol. The van der Waals surface area contributed by atoms with E-state index in [4.69, 9.17) is 5.84 Å². The Morgan fingerprint density at radius 2 is 2.25 bits per heavy atom. The van der Waals surface area contributed by atoms with Gasteiger partial charge in [0.2, 0.25) is 0 Å². The van der Waals surface area contributed by atoms with Gasteiger partial charge in [-0.25, -0.2) is 5.84 Å². The maximum atomic E-state index is 11.3. The second-order valence-corrected chi connectivity index (χ2v) is 3.65. The van der Waals surface area contributed by atoms with E-state index in [1.54, 1.807) is 6.07 Å². The van der Waals surface area contributed by atoms with Gasteiger partial charge in [-0.1, -0.05) is 15.9 Å². The molecular formula is C8H7BrN2O. The van der Waals surface area contributed by atoms with Crippen LogP contribution in [-0.4, -0.2) is 10.9 Å². The van der Waals surface area contributed by atoms with Gasteiger partial charge in [-0.15, -0.1) is 0 Å². The molecule has 0 atom stereocenters. The molecule has 2 N–H and O–H groups in total. The van der Waals surface area contributed by atoms with Crippen molar-refractivity contribution in [2.24, 2.45) is 5.84 Å². The molecule has 1 aliphatic heterocycles. The number of rotatable bonds is 0. The van der Waals surface area contributed by atoms with Gasteiger partial charge in [-0.05, 0) is 23.8 Å². The zero-order valence-corrected chi connectivity index (χ0v) is 7.84. The molecule has 0 aliphatic carbocycles. The zero-order chi connectivity index (χ0) is 8.72. The third kappa shape index (κ3) is 1.04. The summed E-state index contributed by atoms with van der Waals surface area (Å²) in [5, 5.41) is 1.22. The summed E-state index contributed by atoms with van der Waals surface area (Å²) >= 11 is 3.33. The van der Waals surface area contributed by atoms with E-state index in [1.165, 1.54) is 5.01 Å². The van der Waals surface area contributed by atoms with Gasteiger partial charge in [0.25, 0.3) is 5.91 Å². The minimum Gasteiger partial charge on any atom is -0.272 e. The molecule has 1 aliphatic rings. The number of halogens is 1. The quantitative estimate of drug-likeness (QED) is 0.536. The predicted octanol–water partition coefficient (Wildman–Crippen LogP) is 1.28. The molecule has 1 aromatic rings. The average Bonchev–Trinajstić information content (AvgIpc) is 2.28. The third-order valence-corrected chi connectivity index (χ3v) is 2.39. The molecule has 1 aromatic carbocycles. The fraction of sp³-hybridized carbons (Fsp3) is 0.125. The number of nitrogens with two attached hydrogens (primary N) is 1. The smallest absolute Gasteiger partial charge is 0.268 e. The van der Waals surface area contributed by atoms with Crippen molar-refractivity contribution in [1.29, 1.82) is 0 Å². The second kappa shape index (κ2) is 2.57. The molecule has 0 radical (unpaired) electrons. The molecule has 0 spiro atoms. The number of hydrogen-bond donors (Lipinski definition) is 1. The first kappa shape index (κ1) is 7.76. The fourth-order valence-corrected chi connectivity index (χ4v) is 1.72. The molecule has 0 saturated heterocycles. The van der Waals surface area contributed by atoms with Crippen LogP contribution in [0, 0.1) is 0 Å². The van der Waals surface area contributed by atoms with Crippen LogP contribution < -0.4 is 5.84 Å². The Kier molecular flexibility index (Phi) is 1.66. The Hall–Kier alpha value is -0.870. The van der Waals surface area contributed by atoms with Crippen LogP contribution in [0.3, 0.4) is 0 Å². The SMILES string of the molecule is NN1Cc2cc(Br)ccc2C1=O. The lowest BCUT2D eigenvalue weighted by Gasteiger charge is -2.04. The molecule has 1 amide bonds. The van der Waals surface area contributed by atoms with Crippen molar-refractivity contribution >= 4 is 21.8 Å². The summed E-state index contributed by atoms with van der Waals surface area (Å²) in [5.74, 6) is 5.35. The largest absolute Gasteiger partial charge is 0.272 e. The van der Waals surface area contributed by atoms with E-state index in [2.05, 4.69) is 15.9 Å². The van der Waals surface area contributed by atoms with Crippen LogP contribution in [0.25, 0.3) is 0 Å². The Labute approximate surface area is 78.3 Å². The summed E-state index contributed by atoms with van der Waals surface area (Å²) in [4.78, 5) is 11.3. The van der Waals surface area contributed by atoms with E-state index in [0.29, 0.717) is 12.1 Å². The summed E-state index contributed by atoms with van der Waals surface area (Å²) < 4.78 is 0.976. The van der Waals surface area contributed by atoms with Crippen LogP contribution in [0.4, 0.5) is 0 Å². The third-order valence-electron chi connectivity index (χ3n) is 1.90. The number of benzene rings is 1. The molecule has 62 valence electrons. The molecule has 0 aromatic heterocycles. The highest BCUT2D eigenvalue weighted by Crippen LogP contribution is 2.23. The number of hydrazine groups is 1. The van der Waals surface area contributed by atoms with Crippen LogP contribution in [0.5, 0.6) is 0 Å². The zero-order valence-electron chi connectivity index (χ0n) is 6.25. The number of amides is 1. The lowest BCUT2D eigenvalue weighted by atomic mass is 10.1. The summed E-state index contributed by atoms with van der Waals surface area (Å²) in [5.41, 5.74) is 1.69. The first-order chi connectivity index (χ1) is 5.68. The van der Waals surface area contributed by atoms with E-state index in [1.807, 2.05) is 12.1 Å². The van der Waals surface area contributed by atoms with Gasteiger partial charge >= 0.3 is 0 Å². The lowest BCUT2D eigenvalue weighted by molar-refractivity contribution is 0.0778. The maximum Gasteiger partial charge on any atom is 0.268 e.